The van der Waals surface area contributed by atoms with Gasteiger partial charge in [0.1, 0.15) is 5.65 Å². The molecule has 21 heavy (non-hydrogen) atoms. The monoisotopic (exact) mass is 281 g/mol. The minimum atomic E-state index is -0.353. The number of aromatic nitrogens is 3. The first-order chi connectivity index (χ1) is 10.1. The number of nitrogens with zero attached hydrogens (tertiary/aromatic N) is 3. The van der Waals surface area contributed by atoms with Crippen LogP contribution < -0.4 is 4.74 Å². The molecule has 0 unspecified atom stereocenters. The first-order valence-electron chi connectivity index (χ1n) is 6.64. The Bertz CT molecular complexity index is 822. The van der Waals surface area contributed by atoms with Crippen LogP contribution >= 0.6 is 0 Å². The summed E-state index contributed by atoms with van der Waals surface area (Å²) in [6.07, 6.45) is 1.75. The zero-order chi connectivity index (χ0) is 15.0. The summed E-state index contributed by atoms with van der Waals surface area (Å²) in [5.41, 5.74) is 2.49. The molecule has 5 heteroatoms. The molecule has 0 radical (unpaired) electrons. The van der Waals surface area contributed by atoms with E-state index in [1.165, 1.54) is 6.92 Å². The van der Waals surface area contributed by atoms with E-state index in [0.717, 1.165) is 22.3 Å². The number of aryl methyl sites for hydroxylation is 2. The molecule has 0 saturated heterocycles. The Hall–Kier alpha value is -2.69. The topological polar surface area (TPSA) is 57.0 Å². The van der Waals surface area contributed by atoms with Gasteiger partial charge in [0.05, 0.1) is 11.1 Å². The van der Waals surface area contributed by atoms with Gasteiger partial charge in [-0.2, -0.15) is 0 Å². The third-order valence-corrected chi connectivity index (χ3v) is 3.25. The van der Waals surface area contributed by atoms with Gasteiger partial charge in [0.15, 0.2) is 11.6 Å². The number of benzene rings is 1. The van der Waals surface area contributed by atoms with Gasteiger partial charge < -0.3 is 9.30 Å². The van der Waals surface area contributed by atoms with Crippen molar-refractivity contribution in [1.82, 2.24) is 14.5 Å². The van der Waals surface area contributed by atoms with E-state index in [1.54, 1.807) is 6.20 Å². The Morgan fingerprint density at radius 3 is 2.57 bits per heavy atom. The fourth-order valence-corrected chi connectivity index (χ4v) is 2.35. The van der Waals surface area contributed by atoms with Gasteiger partial charge in [0.2, 0.25) is 0 Å². The van der Waals surface area contributed by atoms with Crippen LogP contribution in [0.4, 0.5) is 0 Å². The average molecular weight is 281 g/mol. The summed E-state index contributed by atoms with van der Waals surface area (Å²) < 4.78 is 7.08. The third kappa shape index (κ3) is 2.38. The zero-order valence-electron chi connectivity index (χ0n) is 12.1. The van der Waals surface area contributed by atoms with Gasteiger partial charge in [-0.25, -0.2) is 9.97 Å². The van der Waals surface area contributed by atoms with E-state index in [4.69, 9.17) is 4.74 Å². The molecular weight excluding hydrogens is 266 g/mol. The summed E-state index contributed by atoms with van der Waals surface area (Å²) in [5.74, 6) is 0.808. The van der Waals surface area contributed by atoms with Crippen LogP contribution in [0.1, 0.15) is 12.6 Å². The lowest BCUT2D eigenvalue weighted by molar-refractivity contribution is -0.131. The second-order valence-corrected chi connectivity index (χ2v) is 4.90. The molecule has 0 N–H and O–H groups in total. The van der Waals surface area contributed by atoms with Crippen molar-refractivity contribution < 1.29 is 9.53 Å². The predicted molar refractivity (Wildman–Crippen MR) is 80.0 cm³/mol. The molecule has 0 saturated carbocycles. The molecule has 1 aromatic carbocycles. The van der Waals surface area contributed by atoms with Crippen LogP contribution in [0.3, 0.4) is 0 Å². The van der Waals surface area contributed by atoms with Crippen molar-refractivity contribution in [3.05, 3.63) is 42.2 Å². The molecule has 0 amide bonds. The number of hydrogen-bond donors (Lipinski definition) is 0. The van der Waals surface area contributed by atoms with Crippen molar-refractivity contribution in [3.63, 3.8) is 0 Å². The van der Waals surface area contributed by atoms with Crippen molar-refractivity contribution in [2.24, 2.45) is 7.05 Å². The van der Waals surface area contributed by atoms with Crippen LogP contribution in [0.2, 0.25) is 0 Å². The van der Waals surface area contributed by atoms with E-state index < -0.39 is 0 Å². The van der Waals surface area contributed by atoms with Crippen molar-refractivity contribution >= 4 is 17.0 Å². The van der Waals surface area contributed by atoms with Crippen molar-refractivity contribution in [2.75, 3.05) is 0 Å². The van der Waals surface area contributed by atoms with E-state index in [1.807, 2.05) is 48.9 Å². The zero-order valence-corrected chi connectivity index (χ0v) is 12.1. The van der Waals surface area contributed by atoms with E-state index in [9.17, 15) is 4.79 Å². The Morgan fingerprint density at radius 1 is 1.19 bits per heavy atom. The second-order valence-electron chi connectivity index (χ2n) is 4.90. The Labute approximate surface area is 122 Å². The highest BCUT2D eigenvalue weighted by Gasteiger charge is 2.16. The lowest BCUT2D eigenvalue weighted by Crippen LogP contribution is -2.01. The second kappa shape index (κ2) is 5.01. The van der Waals surface area contributed by atoms with Crippen LogP contribution in [-0.4, -0.2) is 20.5 Å². The Kier molecular flexibility index (Phi) is 3.17. The molecule has 0 atom stereocenters. The van der Waals surface area contributed by atoms with Gasteiger partial charge in [0, 0.05) is 25.7 Å². The first kappa shape index (κ1) is 13.3. The Balaban J connectivity index is 2.22. The molecule has 3 rings (SSSR count). The molecule has 2 heterocycles. The molecular formula is C16H15N3O2. The molecule has 3 aromatic rings. The highest BCUT2D eigenvalue weighted by Crippen LogP contribution is 2.30. The maximum atomic E-state index is 11.2. The number of rotatable bonds is 2. The van der Waals surface area contributed by atoms with Crippen LogP contribution in [0, 0.1) is 6.92 Å². The summed E-state index contributed by atoms with van der Waals surface area (Å²) in [6, 6.07) is 9.80. The van der Waals surface area contributed by atoms with Crippen molar-refractivity contribution in [3.8, 4) is 17.1 Å². The minimum Gasteiger partial charge on any atom is -0.424 e. The smallest absolute Gasteiger partial charge is 0.308 e. The number of carbonyl (C=O) groups excluding carboxylic acids is 1. The predicted octanol–water partition coefficient (Wildman–Crippen LogP) is 2.87. The molecule has 2 aromatic heterocycles. The number of carbonyl (C=O) groups is 1. The molecule has 106 valence electrons. The lowest BCUT2D eigenvalue weighted by atomic mass is 10.2. The van der Waals surface area contributed by atoms with Gasteiger partial charge in [-0.05, 0) is 6.92 Å². The van der Waals surface area contributed by atoms with Crippen molar-refractivity contribution in [1.29, 1.82) is 0 Å². The van der Waals surface area contributed by atoms with E-state index in [0.29, 0.717) is 11.6 Å². The quantitative estimate of drug-likeness (QED) is 0.678. The number of esters is 1. The van der Waals surface area contributed by atoms with Gasteiger partial charge in [-0.15, -0.1) is 0 Å². The number of hydrogen-bond acceptors (Lipinski definition) is 4. The molecule has 0 aliphatic heterocycles. The van der Waals surface area contributed by atoms with Crippen LogP contribution in [0.5, 0.6) is 5.75 Å². The van der Waals surface area contributed by atoms with Gasteiger partial charge in [-0.3, -0.25) is 4.79 Å². The fourth-order valence-electron chi connectivity index (χ4n) is 2.35. The fraction of sp³-hybridized carbons (Fsp3) is 0.188. The van der Waals surface area contributed by atoms with Crippen molar-refractivity contribution in [2.45, 2.75) is 13.8 Å². The summed E-state index contributed by atoms with van der Waals surface area (Å²) in [5, 5.41) is 0.771. The standard InChI is InChI=1S/C16H15N3O2/c1-10-14-13(21-11(2)20)9-19(3)16(14)18-15(17-10)12-7-5-4-6-8-12/h4-9H,1-3H3. The largest absolute Gasteiger partial charge is 0.424 e. The summed E-state index contributed by atoms with van der Waals surface area (Å²) >= 11 is 0. The molecule has 0 spiro atoms. The van der Waals surface area contributed by atoms with Gasteiger partial charge in [-0.1, -0.05) is 30.3 Å². The van der Waals surface area contributed by atoms with Crippen LogP contribution in [-0.2, 0) is 11.8 Å². The molecule has 0 aliphatic carbocycles. The van der Waals surface area contributed by atoms with Crippen LogP contribution in [0.25, 0.3) is 22.4 Å². The molecule has 0 fully saturated rings. The SMILES string of the molecule is CC(=O)Oc1cn(C)c2nc(-c3ccccc3)nc(C)c12. The molecule has 0 aliphatic rings. The van der Waals surface area contributed by atoms with Gasteiger partial charge in [0.25, 0.3) is 0 Å². The first-order valence-corrected chi connectivity index (χ1v) is 6.64. The minimum absolute atomic E-state index is 0.353. The van der Waals surface area contributed by atoms with E-state index in [-0.39, 0.29) is 5.97 Å². The van der Waals surface area contributed by atoms with Crippen LogP contribution in [0.15, 0.2) is 36.5 Å². The number of fused-ring (bicyclic) bond motifs is 1. The summed E-state index contributed by atoms with van der Waals surface area (Å²) in [7, 11) is 1.87. The van der Waals surface area contributed by atoms with Gasteiger partial charge >= 0.3 is 5.97 Å². The summed E-state index contributed by atoms with van der Waals surface area (Å²) in [4.78, 5) is 20.3. The molecule has 0 bridgehead atoms. The maximum absolute atomic E-state index is 11.2. The average Bonchev–Trinajstić information content (AvgIpc) is 2.76. The van der Waals surface area contributed by atoms with E-state index in [2.05, 4.69) is 9.97 Å². The highest BCUT2D eigenvalue weighted by atomic mass is 16.5. The maximum Gasteiger partial charge on any atom is 0.308 e. The third-order valence-electron chi connectivity index (χ3n) is 3.25. The summed E-state index contributed by atoms with van der Waals surface area (Å²) in [6.45, 7) is 3.27. The highest BCUT2D eigenvalue weighted by molar-refractivity contribution is 5.89. The Morgan fingerprint density at radius 2 is 1.90 bits per heavy atom. The normalized spacial score (nSPS) is 10.8. The molecule has 5 nitrogen and oxygen atoms in total. The van der Waals surface area contributed by atoms with E-state index >= 15 is 0 Å². The lowest BCUT2D eigenvalue weighted by Gasteiger charge is -2.05. The number of ether oxygens (including phenoxy) is 1.